The average molecular weight is 597 g/mol. The van der Waals surface area contributed by atoms with Crippen LogP contribution in [0.3, 0.4) is 0 Å². The SMILES string of the molecule is N#Cc1ccc(C(=O)Nc2ccc(F)c([C@]34CN(c5ncc(F)cn5)C[C@H]3CSC(NC(=O)c3ccccc3)=N4)c2)nc1. The highest BCUT2D eigenvalue weighted by molar-refractivity contribution is 8.13. The zero-order valence-electron chi connectivity index (χ0n) is 22.4. The second-order valence-electron chi connectivity index (χ2n) is 9.94. The summed E-state index contributed by atoms with van der Waals surface area (Å²) in [5, 5.41) is 14.9. The molecule has 1 saturated heterocycles. The Morgan fingerprint density at radius 3 is 2.49 bits per heavy atom. The van der Waals surface area contributed by atoms with Crippen molar-refractivity contribution in [1.82, 2.24) is 20.3 Å². The molecule has 0 bridgehead atoms. The molecule has 0 unspecified atom stereocenters. The topological polar surface area (TPSA) is 136 Å². The molecule has 6 rings (SSSR count). The molecule has 2 aromatic carbocycles. The van der Waals surface area contributed by atoms with Crippen LogP contribution < -0.4 is 15.5 Å². The van der Waals surface area contributed by atoms with Crippen LogP contribution in [0.5, 0.6) is 0 Å². The number of benzene rings is 2. The van der Waals surface area contributed by atoms with E-state index in [1.807, 2.05) is 11.0 Å². The number of anilines is 2. The van der Waals surface area contributed by atoms with Gasteiger partial charge in [-0.05, 0) is 42.5 Å². The first-order chi connectivity index (χ1) is 20.8. The van der Waals surface area contributed by atoms with E-state index >= 15 is 4.39 Å². The number of halogens is 2. The number of carbonyl (C=O) groups is 2. The summed E-state index contributed by atoms with van der Waals surface area (Å²) in [6.07, 6.45) is 3.42. The second kappa shape index (κ2) is 11.6. The molecule has 2 aliphatic rings. The first-order valence-corrected chi connectivity index (χ1v) is 14.1. The van der Waals surface area contributed by atoms with E-state index in [4.69, 9.17) is 10.3 Å². The molecule has 13 heteroatoms. The van der Waals surface area contributed by atoms with Gasteiger partial charge in [-0.2, -0.15) is 5.26 Å². The van der Waals surface area contributed by atoms with Crippen LogP contribution in [-0.2, 0) is 5.54 Å². The van der Waals surface area contributed by atoms with Crippen molar-refractivity contribution in [2.24, 2.45) is 10.9 Å². The Kier molecular flexibility index (Phi) is 7.52. The summed E-state index contributed by atoms with van der Waals surface area (Å²) in [5.41, 5.74) is 0.158. The van der Waals surface area contributed by atoms with Gasteiger partial charge in [-0.25, -0.2) is 28.7 Å². The zero-order chi connectivity index (χ0) is 30.0. The quantitative estimate of drug-likeness (QED) is 0.351. The Morgan fingerprint density at radius 1 is 0.977 bits per heavy atom. The summed E-state index contributed by atoms with van der Waals surface area (Å²) in [6.45, 7) is 0.535. The van der Waals surface area contributed by atoms with Gasteiger partial charge < -0.3 is 15.5 Å². The Bertz CT molecular complexity index is 1760. The fraction of sp³-hybridized carbons (Fsp3) is 0.167. The van der Waals surface area contributed by atoms with Crippen molar-refractivity contribution in [2.45, 2.75) is 5.54 Å². The molecule has 214 valence electrons. The van der Waals surface area contributed by atoms with E-state index in [0.29, 0.717) is 34.3 Å². The van der Waals surface area contributed by atoms with Gasteiger partial charge in [0.25, 0.3) is 11.8 Å². The predicted molar refractivity (Wildman–Crippen MR) is 156 cm³/mol. The summed E-state index contributed by atoms with van der Waals surface area (Å²) < 4.78 is 29.3. The highest BCUT2D eigenvalue weighted by atomic mass is 32.2. The number of fused-ring (bicyclic) bond motifs is 1. The minimum Gasteiger partial charge on any atom is -0.338 e. The van der Waals surface area contributed by atoms with Gasteiger partial charge in [0.1, 0.15) is 23.1 Å². The number of aliphatic imine (C=N–C) groups is 1. The third-order valence-corrected chi connectivity index (χ3v) is 8.27. The molecule has 2 N–H and O–H groups in total. The van der Waals surface area contributed by atoms with Gasteiger partial charge in [-0.1, -0.05) is 30.0 Å². The maximum atomic E-state index is 15.7. The monoisotopic (exact) mass is 596 g/mol. The van der Waals surface area contributed by atoms with E-state index in [0.717, 1.165) is 12.4 Å². The number of hydrogen-bond acceptors (Lipinski definition) is 9. The normalized spacial score (nSPS) is 19.1. The number of nitriles is 1. The van der Waals surface area contributed by atoms with Gasteiger partial charge in [0.2, 0.25) is 5.95 Å². The summed E-state index contributed by atoms with van der Waals surface area (Å²) in [5.74, 6) is -1.52. The summed E-state index contributed by atoms with van der Waals surface area (Å²) in [7, 11) is 0. The van der Waals surface area contributed by atoms with E-state index in [1.165, 1.54) is 48.3 Å². The Morgan fingerprint density at radius 2 is 1.77 bits per heavy atom. The van der Waals surface area contributed by atoms with Gasteiger partial charge in [0, 0.05) is 41.2 Å². The van der Waals surface area contributed by atoms with Crippen LogP contribution in [0.2, 0.25) is 0 Å². The van der Waals surface area contributed by atoms with E-state index in [1.54, 1.807) is 30.3 Å². The summed E-state index contributed by atoms with van der Waals surface area (Å²) in [6, 6.07) is 17.7. The van der Waals surface area contributed by atoms with Crippen LogP contribution in [-0.4, -0.2) is 50.8 Å². The lowest BCUT2D eigenvalue weighted by Gasteiger charge is -2.35. The van der Waals surface area contributed by atoms with Gasteiger partial charge >= 0.3 is 0 Å². The minimum absolute atomic E-state index is 0.0828. The van der Waals surface area contributed by atoms with Gasteiger partial charge in [-0.3, -0.25) is 9.59 Å². The standard InChI is InChI=1S/C30H22F2N8O2S/c31-21-13-35-28(36-14-21)40-15-20-16-43-29(38-26(41)19-4-2-1-3-5-19)39-30(20,17-40)23-10-22(7-8-24(23)32)37-27(42)25-9-6-18(11-33)12-34-25/h1-10,12-14,20H,15-17H2,(H,37,42)(H,38,39,41)/t20-,30-/m0/s1. The third-order valence-electron chi connectivity index (χ3n) is 7.23. The molecular weight excluding hydrogens is 574 g/mol. The molecule has 1 fully saturated rings. The van der Waals surface area contributed by atoms with Crippen LogP contribution in [0.15, 0.2) is 84.2 Å². The number of hydrogen-bond donors (Lipinski definition) is 2. The van der Waals surface area contributed by atoms with Crippen LogP contribution in [0, 0.1) is 28.9 Å². The number of amidine groups is 1. The van der Waals surface area contributed by atoms with Crippen molar-refractivity contribution in [2.75, 3.05) is 29.1 Å². The van der Waals surface area contributed by atoms with Gasteiger partial charge in [-0.15, -0.1) is 0 Å². The lowest BCUT2D eigenvalue weighted by molar-refractivity contribution is 0.0976. The Balaban J connectivity index is 1.37. The molecule has 4 aromatic rings. The lowest BCUT2D eigenvalue weighted by Crippen LogP contribution is -2.43. The van der Waals surface area contributed by atoms with Crippen molar-refractivity contribution >= 4 is 40.4 Å². The van der Waals surface area contributed by atoms with Crippen molar-refractivity contribution in [3.8, 4) is 6.07 Å². The molecule has 2 atom stereocenters. The molecular formula is C30H22F2N8O2S. The van der Waals surface area contributed by atoms with E-state index in [2.05, 4.69) is 25.6 Å². The number of aromatic nitrogens is 3. The molecule has 10 nitrogen and oxygen atoms in total. The molecule has 2 aromatic heterocycles. The molecule has 0 saturated carbocycles. The van der Waals surface area contributed by atoms with Crippen molar-refractivity contribution < 1.29 is 18.4 Å². The van der Waals surface area contributed by atoms with Gasteiger partial charge in [0.15, 0.2) is 11.0 Å². The van der Waals surface area contributed by atoms with Crippen LogP contribution in [0.25, 0.3) is 0 Å². The lowest BCUT2D eigenvalue weighted by atomic mass is 9.81. The van der Waals surface area contributed by atoms with E-state index in [9.17, 15) is 14.0 Å². The molecule has 2 amide bonds. The third kappa shape index (κ3) is 5.64. The van der Waals surface area contributed by atoms with Crippen molar-refractivity contribution in [3.63, 3.8) is 0 Å². The average Bonchev–Trinajstić information content (AvgIpc) is 3.42. The molecule has 0 spiro atoms. The highest BCUT2D eigenvalue weighted by Gasteiger charge is 2.52. The fourth-order valence-corrected chi connectivity index (χ4v) is 6.28. The molecule has 43 heavy (non-hydrogen) atoms. The van der Waals surface area contributed by atoms with Crippen molar-refractivity contribution in [3.05, 3.63) is 113 Å². The Hall–Kier alpha value is -5.22. The summed E-state index contributed by atoms with van der Waals surface area (Å²) >= 11 is 1.34. The second-order valence-corrected chi connectivity index (χ2v) is 11.0. The number of nitrogens with zero attached hydrogens (tertiary/aromatic N) is 6. The highest BCUT2D eigenvalue weighted by Crippen LogP contribution is 2.47. The number of rotatable bonds is 5. The Labute approximate surface area is 248 Å². The van der Waals surface area contributed by atoms with Crippen LogP contribution in [0.4, 0.5) is 20.4 Å². The predicted octanol–water partition coefficient (Wildman–Crippen LogP) is 4.14. The first kappa shape index (κ1) is 27.9. The van der Waals surface area contributed by atoms with Crippen LogP contribution in [0.1, 0.15) is 32.0 Å². The number of nitrogens with one attached hydrogen (secondary N) is 2. The fourth-order valence-electron chi connectivity index (χ4n) is 5.15. The largest absolute Gasteiger partial charge is 0.338 e. The molecule has 2 aliphatic heterocycles. The van der Waals surface area contributed by atoms with Crippen LogP contribution >= 0.6 is 11.8 Å². The summed E-state index contributed by atoms with van der Waals surface area (Å²) in [4.78, 5) is 44.9. The first-order valence-electron chi connectivity index (χ1n) is 13.1. The number of amides is 2. The number of pyridine rings is 1. The zero-order valence-corrected chi connectivity index (χ0v) is 23.2. The van der Waals surface area contributed by atoms with Crippen molar-refractivity contribution in [1.29, 1.82) is 5.26 Å². The number of thioether (sulfide) groups is 1. The maximum absolute atomic E-state index is 15.7. The van der Waals surface area contributed by atoms with E-state index < -0.39 is 23.1 Å². The van der Waals surface area contributed by atoms with Gasteiger partial charge in [0.05, 0.1) is 24.5 Å². The minimum atomic E-state index is -1.19. The van der Waals surface area contributed by atoms with E-state index in [-0.39, 0.29) is 35.6 Å². The molecule has 0 aliphatic carbocycles. The maximum Gasteiger partial charge on any atom is 0.274 e. The smallest absolute Gasteiger partial charge is 0.274 e. The number of carbonyl (C=O) groups excluding carboxylic acids is 2. The molecule has 0 radical (unpaired) electrons. The molecule has 4 heterocycles.